The van der Waals surface area contributed by atoms with Crippen molar-refractivity contribution in [1.29, 1.82) is 0 Å². The van der Waals surface area contributed by atoms with Crippen molar-refractivity contribution < 1.29 is 4.42 Å². The van der Waals surface area contributed by atoms with Crippen LogP contribution in [0.1, 0.15) is 0 Å². The second kappa shape index (κ2) is 9.10. The maximum atomic E-state index is 6.52. The predicted octanol–water partition coefficient (Wildman–Crippen LogP) is 10.9. The zero-order valence-corrected chi connectivity index (χ0v) is 23.2. The number of thiazole rings is 1. The first-order valence-corrected chi connectivity index (χ1v) is 14.8. The van der Waals surface area contributed by atoms with Gasteiger partial charge in [-0.1, -0.05) is 103 Å². The van der Waals surface area contributed by atoms with Crippen molar-refractivity contribution in [2.24, 2.45) is 0 Å². The molecule has 3 heterocycles. The highest BCUT2D eigenvalue weighted by atomic mass is 32.1. The Hall–Kier alpha value is -5.32. The predicted molar refractivity (Wildman–Crippen MR) is 176 cm³/mol. The molecule has 0 saturated carbocycles. The summed E-state index contributed by atoms with van der Waals surface area (Å²) in [6.07, 6.45) is 0. The maximum Gasteiger partial charge on any atom is 0.136 e. The topological polar surface area (TPSA) is 38.9 Å². The van der Waals surface area contributed by atoms with Gasteiger partial charge in [-0.25, -0.2) is 9.97 Å². The van der Waals surface area contributed by atoms with E-state index in [1.54, 1.807) is 11.3 Å². The van der Waals surface area contributed by atoms with Crippen LogP contribution in [0.25, 0.3) is 86.8 Å². The van der Waals surface area contributed by atoms with Crippen molar-refractivity contribution in [1.82, 2.24) is 9.97 Å². The van der Waals surface area contributed by atoms with Crippen molar-refractivity contribution >= 4 is 65.2 Å². The van der Waals surface area contributed by atoms with Crippen molar-refractivity contribution in [3.8, 4) is 33.0 Å². The summed E-state index contributed by atoms with van der Waals surface area (Å²) in [5, 5.41) is 6.66. The highest BCUT2D eigenvalue weighted by molar-refractivity contribution is 7.21. The zero-order chi connectivity index (χ0) is 27.6. The third-order valence-electron chi connectivity index (χ3n) is 8.09. The summed E-state index contributed by atoms with van der Waals surface area (Å²) in [7, 11) is 0. The Morgan fingerprint density at radius 1 is 0.476 bits per heavy atom. The minimum atomic E-state index is 0.864. The average molecular weight is 555 g/mol. The molecule has 0 fully saturated rings. The third-order valence-corrected chi connectivity index (χ3v) is 9.18. The molecule has 0 atom stereocenters. The van der Waals surface area contributed by atoms with Crippen LogP contribution in [-0.2, 0) is 0 Å². The molecule has 0 radical (unpaired) electrons. The normalized spacial score (nSPS) is 11.8. The fourth-order valence-electron chi connectivity index (χ4n) is 6.20. The number of nitrogens with zero attached hydrogens (tertiary/aromatic N) is 2. The van der Waals surface area contributed by atoms with E-state index >= 15 is 0 Å². The second-order valence-electron chi connectivity index (χ2n) is 10.6. The van der Waals surface area contributed by atoms with E-state index in [4.69, 9.17) is 14.4 Å². The van der Waals surface area contributed by atoms with E-state index in [0.29, 0.717) is 0 Å². The van der Waals surface area contributed by atoms with Crippen LogP contribution in [0.2, 0.25) is 0 Å². The lowest BCUT2D eigenvalue weighted by molar-refractivity contribution is 0.669. The Morgan fingerprint density at radius 2 is 1.17 bits per heavy atom. The number of para-hydroxylation sites is 3. The Balaban J connectivity index is 1.39. The van der Waals surface area contributed by atoms with Crippen LogP contribution < -0.4 is 0 Å². The van der Waals surface area contributed by atoms with Crippen LogP contribution in [0, 0.1) is 0 Å². The fraction of sp³-hybridized carbons (Fsp3) is 0. The highest BCUT2D eigenvalue weighted by Gasteiger charge is 2.21. The van der Waals surface area contributed by atoms with Gasteiger partial charge in [0.25, 0.3) is 0 Å². The minimum Gasteiger partial charge on any atom is -0.456 e. The molecule has 0 spiro atoms. The lowest BCUT2D eigenvalue weighted by Crippen LogP contribution is -1.93. The Labute approximate surface area is 245 Å². The number of hydrogen-bond acceptors (Lipinski definition) is 4. The van der Waals surface area contributed by atoms with Gasteiger partial charge in [-0.2, -0.15) is 0 Å². The van der Waals surface area contributed by atoms with Crippen LogP contribution in [0.5, 0.6) is 0 Å². The molecular formula is C38H22N2OS. The van der Waals surface area contributed by atoms with Crippen molar-refractivity contribution in [3.63, 3.8) is 0 Å². The lowest BCUT2D eigenvalue weighted by atomic mass is 9.89. The molecule has 0 unspecified atom stereocenters. The number of hydrogen-bond donors (Lipinski definition) is 0. The van der Waals surface area contributed by atoms with Crippen LogP contribution in [0.4, 0.5) is 0 Å². The van der Waals surface area contributed by atoms with Gasteiger partial charge in [0.15, 0.2) is 0 Å². The molecule has 0 bridgehead atoms. The van der Waals surface area contributed by atoms with Gasteiger partial charge in [-0.05, 0) is 35.9 Å². The van der Waals surface area contributed by atoms with E-state index in [1.165, 1.54) is 15.6 Å². The molecule has 0 aliphatic rings. The van der Waals surface area contributed by atoms with Crippen LogP contribution in [0.3, 0.4) is 0 Å². The standard InChI is InChI=1S/C38H22N2OS/c1-2-10-24(11-3-1)37-28-22-32-36(27-13-5-8-16-31(27)41-32)34(35(28)26-12-4-6-14-29(26)39-37)23-18-20-25(21-19-23)38-40-30-15-7-9-17-33(30)42-38/h1-22H. The number of rotatable bonds is 3. The number of furan rings is 1. The summed E-state index contributed by atoms with van der Waals surface area (Å²) in [4.78, 5) is 10.1. The molecule has 0 aliphatic heterocycles. The van der Waals surface area contributed by atoms with Gasteiger partial charge in [-0.15, -0.1) is 11.3 Å². The molecule has 0 aliphatic carbocycles. The van der Waals surface area contributed by atoms with Gasteiger partial charge in [0.2, 0.25) is 0 Å². The average Bonchev–Trinajstić information content (AvgIpc) is 3.65. The molecule has 0 saturated heterocycles. The summed E-state index contributed by atoms with van der Waals surface area (Å²) in [6.45, 7) is 0. The molecule has 9 rings (SSSR count). The van der Waals surface area contributed by atoms with Gasteiger partial charge in [-0.3, -0.25) is 0 Å². The summed E-state index contributed by atoms with van der Waals surface area (Å²) in [6, 6.07) is 46.6. The first-order valence-electron chi connectivity index (χ1n) is 14.0. The van der Waals surface area contributed by atoms with E-state index in [0.717, 1.165) is 71.1 Å². The molecule has 6 aromatic carbocycles. The first-order chi connectivity index (χ1) is 20.8. The van der Waals surface area contributed by atoms with Crippen molar-refractivity contribution in [3.05, 3.63) is 133 Å². The van der Waals surface area contributed by atoms with E-state index in [9.17, 15) is 0 Å². The Bertz CT molecular complexity index is 2420. The van der Waals surface area contributed by atoms with Gasteiger partial charge in [0, 0.05) is 43.6 Å². The number of fused-ring (bicyclic) bond motifs is 7. The highest BCUT2D eigenvalue weighted by Crippen LogP contribution is 2.46. The molecule has 9 aromatic rings. The molecule has 0 N–H and O–H groups in total. The SMILES string of the molecule is c1ccc(-c2nc3ccccc3c3c(-c4ccc(-c5nc6ccccc6s5)cc4)c4c(cc23)oc2ccccc24)cc1. The van der Waals surface area contributed by atoms with Gasteiger partial charge in [0.1, 0.15) is 16.2 Å². The minimum absolute atomic E-state index is 0.864. The summed E-state index contributed by atoms with van der Waals surface area (Å²) in [5.41, 5.74) is 9.22. The largest absolute Gasteiger partial charge is 0.456 e. The van der Waals surface area contributed by atoms with E-state index in [-0.39, 0.29) is 0 Å². The van der Waals surface area contributed by atoms with Crippen LogP contribution in [-0.4, -0.2) is 9.97 Å². The Kier molecular flexibility index (Phi) is 5.07. The fourth-order valence-corrected chi connectivity index (χ4v) is 7.17. The summed E-state index contributed by atoms with van der Waals surface area (Å²) < 4.78 is 7.71. The smallest absolute Gasteiger partial charge is 0.136 e. The van der Waals surface area contributed by atoms with Crippen LogP contribution in [0.15, 0.2) is 138 Å². The van der Waals surface area contributed by atoms with E-state index in [2.05, 4.69) is 115 Å². The number of benzene rings is 6. The maximum absolute atomic E-state index is 6.52. The monoisotopic (exact) mass is 554 g/mol. The molecule has 0 amide bonds. The van der Waals surface area contributed by atoms with E-state index < -0.39 is 0 Å². The molecule has 3 aromatic heterocycles. The van der Waals surface area contributed by atoms with E-state index in [1.807, 2.05) is 18.2 Å². The zero-order valence-electron chi connectivity index (χ0n) is 22.4. The van der Waals surface area contributed by atoms with Crippen LogP contribution >= 0.6 is 11.3 Å². The molecular weight excluding hydrogens is 532 g/mol. The molecule has 42 heavy (non-hydrogen) atoms. The Morgan fingerprint density at radius 3 is 2.00 bits per heavy atom. The first kappa shape index (κ1) is 23.4. The van der Waals surface area contributed by atoms with Gasteiger partial charge >= 0.3 is 0 Å². The van der Waals surface area contributed by atoms with Crippen molar-refractivity contribution in [2.75, 3.05) is 0 Å². The number of pyridine rings is 1. The quantitative estimate of drug-likeness (QED) is 0.204. The number of aromatic nitrogens is 2. The third kappa shape index (κ3) is 3.52. The summed E-state index contributed by atoms with van der Waals surface area (Å²) in [5.74, 6) is 0. The molecule has 4 heteroatoms. The second-order valence-corrected chi connectivity index (χ2v) is 11.6. The van der Waals surface area contributed by atoms with Crippen molar-refractivity contribution in [2.45, 2.75) is 0 Å². The lowest BCUT2D eigenvalue weighted by Gasteiger charge is -2.15. The van der Waals surface area contributed by atoms with Gasteiger partial charge < -0.3 is 4.42 Å². The molecule has 3 nitrogen and oxygen atoms in total. The van der Waals surface area contributed by atoms with Gasteiger partial charge in [0.05, 0.1) is 21.4 Å². The molecule has 196 valence electrons. The summed E-state index contributed by atoms with van der Waals surface area (Å²) >= 11 is 1.73.